The van der Waals surface area contributed by atoms with Crippen LogP contribution in [0.2, 0.25) is 0 Å². The highest BCUT2D eigenvalue weighted by atomic mass is 16.1. The highest BCUT2D eigenvalue weighted by molar-refractivity contribution is 5.83. The minimum absolute atomic E-state index is 0.304. The minimum Gasteiger partial charge on any atom is -0.296 e. The van der Waals surface area contributed by atoms with E-state index in [2.05, 4.69) is 15.3 Å². The molecule has 0 aliphatic carbocycles. The Labute approximate surface area is 115 Å². The van der Waals surface area contributed by atoms with E-state index >= 15 is 0 Å². The third-order valence-electron chi connectivity index (χ3n) is 3.02. The lowest BCUT2D eigenvalue weighted by atomic mass is 10.1. The predicted molar refractivity (Wildman–Crippen MR) is 74.7 cm³/mol. The summed E-state index contributed by atoms with van der Waals surface area (Å²) in [6.45, 7) is 2.02. The number of carbonyl (C=O) groups excluding carboxylic acids is 1. The molecule has 0 atom stereocenters. The maximum atomic E-state index is 11.2. The van der Waals surface area contributed by atoms with Crippen LogP contribution in [0.25, 0.3) is 16.9 Å². The Kier molecular flexibility index (Phi) is 3.09. The van der Waals surface area contributed by atoms with Gasteiger partial charge in [-0.1, -0.05) is 22.9 Å². The molecule has 0 aliphatic rings. The first kappa shape index (κ1) is 12.2. The second-order valence-corrected chi connectivity index (χ2v) is 4.43. The summed E-state index contributed by atoms with van der Waals surface area (Å²) in [5.41, 5.74) is 3.78. The highest BCUT2D eigenvalue weighted by Gasteiger charge is 2.15. The molecule has 2 aromatic heterocycles. The Bertz CT molecular complexity index is 732. The third kappa shape index (κ3) is 2.09. The molecule has 0 N–H and O–H groups in total. The number of hydrogen-bond donors (Lipinski definition) is 0. The number of pyridine rings is 1. The third-order valence-corrected chi connectivity index (χ3v) is 3.02. The van der Waals surface area contributed by atoms with E-state index in [1.54, 1.807) is 17.1 Å². The Morgan fingerprint density at radius 2 is 1.95 bits per heavy atom. The molecule has 3 aromatic rings. The molecule has 3 rings (SSSR count). The lowest BCUT2D eigenvalue weighted by molar-refractivity contribution is 0.111. The second-order valence-electron chi connectivity index (χ2n) is 4.43. The number of aromatic nitrogens is 4. The van der Waals surface area contributed by atoms with Crippen LogP contribution in [-0.4, -0.2) is 26.3 Å². The minimum atomic E-state index is 0.304. The summed E-state index contributed by atoms with van der Waals surface area (Å²) in [6.07, 6.45) is 4.08. The van der Waals surface area contributed by atoms with Crippen molar-refractivity contribution in [2.24, 2.45) is 0 Å². The molecule has 0 saturated carbocycles. The van der Waals surface area contributed by atoms with E-state index in [0.29, 0.717) is 17.7 Å². The Morgan fingerprint density at radius 3 is 2.60 bits per heavy atom. The molecule has 0 spiro atoms. The van der Waals surface area contributed by atoms with Crippen LogP contribution in [0.5, 0.6) is 0 Å². The number of carbonyl (C=O) groups is 1. The Morgan fingerprint density at radius 1 is 1.15 bits per heavy atom. The quantitative estimate of drug-likeness (QED) is 0.682. The topological polar surface area (TPSA) is 60.7 Å². The molecular weight excluding hydrogens is 252 g/mol. The fourth-order valence-electron chi connectivity index (χ4n) is 2.01. The van der Waals surface area contributed by atoms with Gasteiger partial charge in [-0.05, 0) is 31.2 Å². The molecule has 0 fully saturated rings. The summed E-state index contributed by atoms with van der Waals surface area (Å²) in [5.74, 6) is 0. The molecular formula is C15H12N4O. The van der Waals surface area contributed by atoms with Crippen molar-refractivity contribution >= 4 is 6.29 Å². The average Bonchev–Trinajstić information content (AvgIpc) is 2.93. The van der Waals surface area contributed by atoms with Crippen molar-refractivity contribution in [3.63, 3.8) is 0 Å². The van der Waals surface area contributed by atoms with Crippen LogP contribution in [-0.2, 0) is 0 Å². The molecule has 0 unspecified atom stereocenters. The number of benzene rings is 1. The highest BCUT2D eigenvalue weighted by Crippen LogP contribution is 2.23. The maximum Gasteiger partial charge on any atom is 0.172 e. The van der Waals surface area contributed by atoms with E-state index in [9.17, 15) is 4.79 Å². The summed E-state index contributed by atoms with van der Waals surface area (Å²) in [4.78, 5) is 15.2. The monoisotopic (exact) mass is 264 g/mol. The second kappa shape index (κ2) is 5.05. The van der Waals surface area contributed by atoms with Crippen LogP contribution in [0.4, 0.5) is 0 Å². The first-order valence-corrected chi connectivity index (χ1v) is 6.18. The molecule has 0 amide bonds. The van der Waals surface area contributed by atoms with Crippen molar-refractivity contribution in [3.05, 3.63) is 60.0 Å². The summed E-state index contributed by atoms with van der Waals surface area (Å²) < 4.78 is 1.65. The van der Waals surface area contributed by atoms with Crippen LogP contribution >= 0.6 is 0 Å². The fraction of sp³-hybridized carbons (Fsp3) is 0.0667. The summed E-state index contributed by atoms with van der Waals surface area (Å²) in [7, 11) is 0. The van der Waals surface area contributed by atoms with E-state index in [1.165, 1.54) is 0 Å². The lowest BCUT2D eigenvalue weighted by Crippen LogP contribution is -2.00. The molecule has 0 aliphatic heterocycles. The maximum absolute atomic E-state index is 11.2. The normalized spacial score (nSPS) is 10.4. The Balaban J connectivity index is 2.20. The fourth-order valence-corrected chi connectivity index (χ4v) is 2.01. The van der Waals surface area contributed by atoms with E-state index in [-0.39, 0.29) is 0 Å². The van der Waals surface area contributed by atoms with Gasteiger partial charge in [-0.2, -0.15) is 0 Å². The average molecular weight is 264 g/mol. The van der Waals surface area contributed by atoms with Crippen molar-refractivity contribution in [3.8, 4) is 16.9 Å². The van der Waals surface area contributed by atoms with Crippen molar-refractivity contribution in [1.82, 2.24) is 20.0 Å². The van der Waals surface area contributed by atoms with Gasteiger partial charge in [0.15, 0.2) is 12.0 Å². The Hall–Kier alpha value is -2.82. The van der Waals surface area contributed by atoms with Crippen molar-refractivity contribution < 1.29 is 4.79 Å². The van der Waals surface area contributed by atoms with E-state index < -0.39 is 0 Å². The molecule has 0 bridgehead atoms. The van der Waals surface area contributed by atoms with E-state index in [4.69, 9.17) is 0 Å². The molecule has 0 saturated heterocycles. The zero-order valence-electron chi connectivity index (χ0n) is 10.9. The molecule has 5 heteroatoms. The van der Waals surface area contributed by atoms with Gasteiger partial charge in [-0.3, -0.25) is 9.78 Å². The van der Waals surface area contributed by atoms with Crippen molar-refractivity contribution in [1.29, 1.82) is 0 Å². The van der Waals surface area contributed by atoms with Gasteiger partial charge in [0.05, 0.1) is 5.69 Å². The first-order valence-electron chi connectivity index (χ1n) is 6.18. The van der Waals surface area contributed by atoms with E-state index in [0.717, 1.165) is 16.8 Å². The van der Waals surface area contributed by atoms with Gasteiger partial charge < -0.3 is 0 Å². The number of aryl methyl sites for hydroxylation is 1. The van der Waals surface area contributed by atoms with Crippen LogP contribution in [0.1, 0.15) is 16.1 Å². The summed E-state index contributed by atoms with van der Waals surface area (Å²) in [5, 5.41) is 8.00. The zero-order chi connectivity index (χ0) is 13.9. The van der Waals surface area contributed by atoms with Crippen LogP contribution < -0.4 is 0 Å². The van der Waals surface area contributed by atoms with Crippen molar-refractivity contribution in [2.45, 2.75) is 6.92 Å². The molecule has 2 heterocycles. The predicted octanol–water partition coefficient (Wildman–Crippen LogP) is 2.45. The zero-order valence-corrected chi connectivity index (χ0v) is 10.9. The largest absolute Gasteiger partial charge is 0.296 e. The molecule has 5 nitrogen and oxygen atoms in total. The van der Waals surface area contributed by atoms with Crippen LogP contribution in [0.3, 0.4) is 0 Å². The van der Waals surface area contributed by atoms with Gasteiger partial charge in [-0.25, -0.2) is 4.68 Å². The number of nitrogens with zero attached hydrogens (tertiary/aromatic N) is 4. The lowest BCUT2D eigenvalue weighted by Gasteiger charge is -2.06. The van der Waals surface area contributed by atoms with Crippen molar-refractivity contribution in [2.75, 3.05) is 0 Å². The van der Waals surface area contributed by atoms with Crippen LogP contribution in [0, 0.1) is 6.92 Å². The van der Waals surface area contributed by atoms with Crippen LogP contribution in [0.15, 0.2) is 48.8 Å². The number of hydrogen-bond acceptors (Lipinski definition) is 4. The smallest absolute Gasteiger partial charge is 0.172 e. The first-order chi connectivity index (χ1) is 9.79. The van der Waals surface area contributed by atoms with Gasteiger partial charge in [0.2, 0.25) is 0 Å². The molecule has 98 valence electrons. The SMILES string of the molecule is Cc1ccc(-n2nnc(C=O)c2-c2cccnc2)cc1. The number of aldehydes is 1. The molecule has 20 heavy (non-hydrogen) atoms. The standard InChI is InChI=1S/C15H12N4O/c1-11-4-6-13(7-5-11)19-15(14(10-20)17-18-19)12-3-2-8-16-9-12/h2-10H,1H3. The van der Waals surface area contributed by atoms with Gasteiger partial charge >= 0.3 is 0 Å². The molecule has 1 aromatic carbocycles. The van der Waals surface area contributed by atoms with Gasteiger partial charge in [-0.15, -0.1) is 5.10 Å². The number of rotatable bonds is 3. The van der Waals surface area contributed by atoms with Gasteiger partial charge in [0.25, 0.3) is 0 Å². The summed E-state index contributed by atoms with van der Waals surface area (Å²) >= 11 is 0. The molecule has 0 radical (unpaired) electrons. The van der Waals surface area contributed by atoms with Gasteiger partial charge in [0.1, 0.15) is 5.69 Å². The van der Waals surface area contributed by atoms with Gasteiger partial charge in [0, 0.05) is 18.0 Å². The van der Waals surface area contributed by atoms with E-state index in [1.807, 2.05) is 43.3 Å². The summed E-state index contributed by atoms with van der Waals surface area (Å²) in [6, 6.07) is 11.6.